The second kappa shape index (κ2) is 8.20. The van der Waals surface area contributed by atoms with Crippen molar-refractivity contribution in [2.24, 2.45) is 5.92 Å². The van der Waals surface area contributed by atoms with Crippen molar-refractivity contribution in [1.29, 1.82) is 0 Å². The van der Waals surface area contributed by atoms with Crippen molar-refractivity contribution >= 4 is 70.1 Å². The van der Waals surface area contributed by atoms with Crippen LogP contribution in [0.5, 0.6) is 0 Å². The van der Waals surface area contributed by atoms with E-state index in [2.05, 4.69) is 10.7 Å². The minimum Gasteiger partial charge on any atom is -0.480 e. The van der Waals surface area contributed by atoms with Gasteiger partial charge in [-0.2, -0.15) is 0 Å². The second-order valence-corrected chi connectivity index (χ2v) is 7.43. The smallest absolute Gasteiger partial charge is 0.326 e. The number of nitrogens with zero attached hydrogens (tertiary/aromatic N) is 1. The molecule has 0 unspecified atom stereocenters. The molecule has 1 aromatic rings. The van der Waals surface area contributed by atoms with Crippen LogP contribution in [0.1, 0.15) is 34.6 Å². The number of fused-ring (bicyclic) bond motifs is 1. The van der Waals surface area contributed by atoms with E-state index >= 15 is 0 Å². The van der Waals surface area contributed by atoms with E-state index in [1.807, 2.05) is 0 Å². The summed E-state index contributed by atoms with van der Waals surface area (Å²) in [5, 5.41) is 11.1. The molecule has 2 rings (SSSR count). The van der Waals surface area contributed by atoms with Crippen LogP contribution in [-0.4, -0.2) is 46.4 Å². The number of hydrazine groups is 1. The van der Waals surface area contributed by atoms with E-state index in [0.29, 0.717) is 5.01 Å². The molecule has 0 fully saturated rings. The van der Waals surface area contributed by atoms with Crippen molar-refractivity contribution in [2.75, 3.05) is 6.54 Å². The predicted octanol–water partition coefficient (Wildman–Crippen LogP) is 2.63. The molecule has 27 heavy (non-hydrogen) atoms. The number of carboxylic acid groups (broad SMARTS) is 1. The number of rotatable bonds is 6. The van der Waals surface area contributed by atoms with Crippen molar-refractivity contribution < 1.29 is 24.3 Å². The lowest BCUT2D eigenvalue weighted by Gasteiger charge is -2.19. The van der Waals surface area contributed by atoms with Crippen LogP contribution in [0.15, 0.2) is 0 Å². The fourth-order valence-corrected chi connectivity index (χ4v) is 3.40. The Balaban J connectivity index is 2.18. The summed E-state index contributed by atoms with van der Waals surface area (Å²) in [5.41, 5.74) is 1.86. The van der Waals surface area contributed by atoms with E-state index in [9.17, 15) is 19.2 Å². The van der Waals surface area contributed by atoms with Crippen molar-refractivity contribution in [3.05, 3.63) is 31.2 Å². The number of benzene rings is 1. The number of nitrogens with one attached hydrogen (secondary N) is 2. The summed E-state index contributed by atoms with van der Waals surface area (Å²) in [5.74, 6) is -4.05. The Morgan fingerprint density at radius 2 is 1.41 bits per heavy atom. The van der Waals surface area contributed by atoms with Crippen LogP contribution in [0, 0.1) is 5.92 Å². The summed E-state index contributed by atoms with van der Waals surface area (Å²) in [6.07, 6.45) is 0. The van der Waals surface area contributed by atoms with E-state index in [0.717, 1.165) is 0 Å². The maximum absolute atomic E-state index is 12.5. The maximum Gasteiger partial charge on any atom is 0.326 e. The Bertz CT molecular complexity index is 812. The van der Waals surface area contributed by atoms with Gasteiger partial charge in [0.1, 0.15) is 6.04 Å². The zero-order valence-corrected chi connectivity index (χ0v) is 16.9. The van der Waals surface area contributed by atoms with Gasteiger partial charge in [-0.3, -0.25) is 14.4 Å². The molecule has 0 bridgehead atoms. The van der Waals surface area contributed by atoms with Gasteiger partial charge in [0.05, 0.1) is 37.8 Å². The summed E-state index contributed by atoms with van der Waals surface area (Å²) in [4.78, 5) is 48.0. The topological polar surface area (TPSA) is 116 Å². The van der Waals surface area contributed by atoms with Crippen LogP contribution in [0.4, 0.5) is 0 Å². The molecule has 8 nitrogen and oxygen atoms in total. The van der Waals surface area contributed by atoms with E-state index in [-0.39, 0.29) is 37.1 Å². The first-order valence-electron chi connectivity index (χ1n) is 7.49. The van der Waals surface area contributed by atoms with Crippen LogP contribution >= 0.6 is 46.4 Å². The summed E-state index contributed by atoms with van der Waals surface area (Å²) >= 11 is 23.8. The molecule has 1 aliphatic heterocycles. The number of imide groups is 1. The predicted molar refractivity (Wildman–Crippen MR) is 99.4 cm³/mol. The van der Waals surface area contributed by atoms with Crippen molar-refractivity contribution in [3.8, 4) is 0 Å². The van der Waals surface area contributed by atoms with Crippen LogP contribution in [0.2, 0.25) is 20.1 Å². The van der Waals surface area contributed by atoms with Gasteiger partial charge in [-0.25, -0.2) is 15.2 Å². The Kier molecular flexibility index (Phi) is 6.59. The molecule has 3 N–H and O–H groups in total. The summed E-state index contributed by atoms with van der Waals surface area (Å²) in [6, 6.07) is -1.12. The van der Waals surface area contributed by atoms with E-state index < -0.39 is 36.3 Å². The van der Waals surface area contributed by atoms with E-state index in [4.69, 9.17) is 51.5 Å². The molecule has 3 amide bonds. The summed E-state index contributed by atoms with van der Waals surface area (Å²) in [6.45, 7) is 2.70. The highest BCUT2D eigenvalue weighted by Crippen LogP contribution is 2.44. The molecule has 146 valence electrons. The molecule has 1 aromatic carbocycles. The Hall–Kier alpha value is -1.58. The molecule has 0 radical (unpaired) electrons. The van der Waals surface area contributed by atoms with Gasteiger partial charge in [0, 0.05) is 0 Å². The van der Waals surface area contributed by atoms with Crippen molar-refractivity contribution in [1.82, 2.24) is 15.8 Å². The first-order chi connectivity index (χ1) is 12.5. The highest BCUT2D eigenvalue weighted by atomic mass is 35.5. The normalized spacial score (nSPS) is 14.6. The molecule has 1 heterocycles. The Morgan fingerprint density at radius 1 is 0.963 bits per heavy atom. The fourth-order valence-electron chi connectivity index (χ4n) is 2.38. The van der Waals surface area contributed by atoms with Gasteiger partial charge in [-0.1, -0.05) is 60.3 Å². The number of carbonyl (C=O) groups is 4. The minimum atomic E-state index is -1.21. The minimum absolute atomic E-state index is 0.177. The van der Waals surface area contributed by atoms with Gasteiger partial charge in [-0.05, 0) is 5.92 Å². The lowest BCUT2D eigenvalue weighted by molar-refractivity contribution is -0.143. The fraction of sp³-hybridized carbons (Fsp3) is 0.333. The van der Waals surface area contributed by atoms with Crippen LogP contribution in [0.3, 0.4) is 0 Å². The molecule has 0 aliphatic carbocycles. The van der Waals surface area contributed by atoms with E-state index in [1.54, 1.807) is 13.8 Å². The zero-order chi connectivity index (χ0) is 20.6. The first-order valence-corrected chi connectivity index (χ1v) is 9.00. The quantitative estimate of drug-likeness (QED) is 0.344. The number of hydrogen-bond acceptors (Lipinski definition) is 5. The van der Waals surface area contributed by atoms with Crippen LogP contribution in [-0.2, 0) is 9.59 Å². The summed E-state index contributed by atoms with van der Waals surface area (Å²) in [7, 11) is 0. The van der Waals surface area contributed by atoms with Gasteiger partial charge in [0.2, 0.25) is 5.91 Å². The first kappa shape index (κ1) is 21.7. The lowest BCUT2D eigenvalue weighted by Crippen LogP contribution is -2.51. The number of halogens is 4. The molecule has 0 saturated heterocycles. The third-order valence-corrected chi connectivity index (χ3v) is 5.55. The third-order valence-electron chi connectivity index (χ3n) is 3.75. The van der Waals surface area contributed by atoms with E-state index in [1.165, 1.54) is 0 Å². The zero-order valence-electron chi connectivity index (χ0n) is 13.9. The lowest BCUT2D eigenvalue weighted by atomic mass is 10.1. The molecule has 0 spiro atoms. The van der Waals surface area contributed by atoms with Crippen molar-refractivity contribution in [3.63, 3.8) is 0 Å². The number of carbonyl (C=O) groups excluding carboxylic acids is 3. The molecule has 1 aliphatic rings. The van der Waals surface area contributed by atoms with Gasteiger partial charge in [0.25, 0.3) is 11.8 Å². The largest absolute Gasteiger partial charge is 0.480 e. The van der Waals surface area contributed by atoms with Gasteiger partial charge in [0.15, 0.2) is 0 Å². The molecule has 1 atom stereocenters. The average molecular weight is 457 g/mol. The monoisotopic (exact) mass is 455 g/mol. The van der Waals surface area contributed by atoms with Crippen LogP contribution in [0.25, 0.3) is 0 Å². The molecular formula is C15H13Cl4N3O5. The average Bonchev–Trinajstić information content (AvgIpc) is 2.84. The van der Waals surface area contributed by atoms with Gasteiger partial charge >= 0.3 is 5.97 Å². The highest BCUT2D eigenvalue weighted by molar-refractivity contribution is 6.55. The van der Waals surface area contributed by atoms with Gasteiger partial charge in [-0.15, -0.1) is 0 Å². The van der Waals surface area contributed by atoms with Crippen LogP contribution < -0.4 is 10.7 Å². The SMILES string of the molecule is CC(C)[C@H](NC(=O)CNN1C(=O)c2c(Cl)c(Cl)c(Cl)c(Cl)c2C1=O)C(=O)O. The van der Waals surface area contributed by atoms with Crippen molar-refractivity contribution in [2.45, 2.75) is 19.9 Å². The number of amides is 3. The maximum atomic E-state index is 12.5. The standard InChI is InChI=1S/C15H13Cl4N3O5/c1-4(2)12(15(26)27)21-5(23)3-20-22-13(24)6-7(14(22)25)9(17)11(19)10(18)8(6)16/h4,12,20H,3H2,1-2H3,(H,21,23)(H,26,27)/t12-/m0/s1. The molecule has 0 aromatic heterocycles. The third kappa shape index (κ3) is 4.00. The van der Waals surface area contributed by atoms with Gasteiger partial charge < -0.3 is 10.4 Å². The molecule has 0 saturated carbocycles. The number of aliphatic carboxylic acids is 1. The Morgan fingerprint density at radius 3 is 1.78 bits per heavy atom. The molecular weight excluding hydrogens is 444 g/mol. The summed E-state index contributed by atoms with van der Waals surface area (Å²) < 4.78 is 0. The number of carboxylic acids is 1. The highest BCUT2D eigenvalue weighted by Gasteiger charge is 2.42. The molecule has 12 heteroatoms. The second-order valence-electron chi connectivity index (χ2n) is 5.91. The number of hydrogen-bond donors (Lipinski definition) is 3. The Labute approximate surface area is 173 Å².